The van der Waals surface area contributed by atoms with Gasteiger partial charge in [-0.2, -0.15) is 0 Å². The van der Waals surface area contributed by atoms with Gasteiger partial charge in [-0.05, 0) is 24.1 Å². The molecule has 1 saturated carbocycles. The van der Waals surface area contributed by atoms with Crippen molar-refractivity contribution < 1.29 is 41.2 Å². The van der Waals surface area contributed by atoms with Gasteiger partial charge in [0.2, 0.25) is 0 Å². The summed E-state index contributed by atoms with van der Waals surface area (Å²) in [5, 5.41) is 22.3. The second-order valence-electron chi connectivity index (χ2n) is 8.45. The molecule has 5 rings (SSSR count). The molecule has 2 heterocycles. The van der Waals surface area contributed by atoms with E-state index < -0.39 is 17.1 Å². The van der Waals surface area contributed by atoms with E-state index in [0.717, 1.165) is 35.1 Å². The molecule has 26 heavy (non-hydrogen) atoms. The minimum absolute atomic E-state index is 0. The number of phenolic OH excluding ortho intramolecular Hbond substituents is 1. The highest BCUT2D eigenvalue weighted by molar-refractivity contribution is 5.90. The summed E-state index contributed by atoms with van der Waals surface area (Å²) >= 11 is 0. The number of aromatic hydroxyl groups is 1. The largest absolute Gasteiger partial charge is 1.00 e. The second kappa shape index (κ2) is 5.33. The maximum Gasteiger partial charge on any atom is 0.174 e. The zero-order valence-electron chi connectivity index (χ0n) is 14.9. The normalized spacial score (nSPS) is 41.7. The van der Waals surface area contributed by atoms with Gasteiger partial charge in [-0.3, -0.25) is 4.79 Å². The predicted octanol–water partition coefficient (Wildman–Crippen LogP) is -1.55. The van der Waals surface area contributed by atoms with E-state index in [4.69, 9.17) is 4.74 Å². The first-order valence-electron chi connectivity index (χ1n) is 9.09. The third kappa shape index (κ3) is 1.76. The van der Waals surface area contributed by atoms with Crippen molar-refractivity contribution in [1.82, 2.24) is 0 Å². The van der Waals surface area contributed by atoms with Gasteiger partial charge >= 0.3 is 0 Å². The summed E-state index contributed by atoms with van der Waals surface area (Å²) in [4.78, 5) is 12.7. The van der Waals surface area contributed by atoms with Crippen LogP contribution in [0.5, 0.6) is 11.5 Å². The number of likely N-dealkylation sites (tertiary alicyclic amines) is 1. The summed E-state index contributed by atoms with van der Waals surface area (Å²) in [5.41, 5.74) is 0.295. The van der Waals surface area contributed by atoms with Gasteiger partial charge in [-0.15, -0.1) is 0 Å². The maximum absolute atomic E-state index is 12.7. The monoisotopic (exact) mass is 421 g/mol. The Balaban J connectivity index is 0.00000168. The predicted molar refractivity (Wildman–Crippen MR) is 91.6 cm³/mol. The zero-order chi connectivity index (χ0) is 17.6. The molecular weight excluding hydrogens is 398 g/mol. The van der Waals surface area contributed by atoms with Crippen molar-refractivity contribution in [3.63, 3.8) is 0 Å². The van der Waals surface area contributed by atoms with E-state index in [9.17, 15) is 15.0 Å². The van der Waals surface area contributed by atoms with Gasteiger partial charge in [0.15, 0.2) is 23.4 Å². The number of quaternary nitrogens is 1. The third-order valence-corrected chi connectivity index (χ3v) is 7.45. The average molecular weight is 422 g/mol. The topological polar surface area (TPSA) is 66.8 Å². The van der Waals surface area contributed by atoms with Gasteiger partial charge in [-0.25, -0.2) is 0 Å². The van der Waals surface area contributed by atoms with E-state index in [1.807, 2.05) is 12.1 Å². The third-order valence-electron chi connectivity index (χ3n) is 7.45. The first-order chi connectivity index (χ1) is 11.9. The lowest BCUT2D eigenvalue weighted by molar-refractivity contribution is -0.944. The van der Waals surface area contributed by atoms with Gasteiger partial charge in [0.05, 0.1) is 25.6 Å². The van der Waals surface area contributed by atoms with E-state index >= 15 is 0 Å². The number of likely N-dealkylation sites (N-methyl/N-ethyl adjacent to an activating group) is 1. The van der Waals surface area contributed by atoms with E-state index in [2.05, 4.69) is 13.6 Å². The Labute approximate surface area is 163 Å². The number of hydrogen-bond acceptors (Lipinski definition) is 4. The van der Waals surface area contributed by atoms with Crippen LogP contribution in [0, 0.1) is 0 Å². The number of nitrogens with zero attached hydrogens (tertiary/aromatic N) is 1. The Morgan fingerprint density at radius 1 is 1.42 bits per heavy atom. The molecule has 2 aliphatic carbocycles. The molecule has 6 heteroatoms. The van der Waals surface area contributed by atoms with Crippen molar-refractivity contribution in [2.24, 2.45) is 0 Å². The fourth-order valence-corrected chi connectivity index (χ4v) is 6.34. The molecule has 1 aromatic carbocycles. The van der Waals surface area contributed by atoms with Crippen molar-refractivity contribution >= 4 is 5.78 Å². The molecule has 0 aromatic heterocycles. The van der Waals surface area contributed by atoms with Crippen molar-refractivity contribution in [3.05, 3.63) is 35.9 Å². The summed E-state index contributed by atoms with van der Waals surface area (Å²) < 4.78 is 6.76. The van der Waals surface area contributed by atoms with Crippen LogP contribution >= 0.6 is 0 Å². The van der Waals surface area contributed by atoms with Crippen LogP contribution in [0.4, 0.5) is 0 Å². The Morgan fingerprint density at radius 3 is 2.92 bits per heavy atom. The summed E-state index contributed by atoms with van der Waals surface area (Å²) in [6, 6.07) is 3.60. The van der Waals surface area contributed by atoms with Gasteiger partial charge in [0.1, 0.15) is 11.6 Å². The average Bonchev–Trinajstić information content (AvgIpc) is 2.93. The number of hydrogen-bond donors (Lipinski definition) is 2. The SMILES string of the molecule is C=CC[N+]1(C)CC[C@]23c4c5ccc(O)c4O[C@H]2C(=O)CC[C@@]3(O)[C@H]1C5.[Br-]. The lowest BCUT2D eigenvalue weighted by Crippen LogP contribution is -3.00. The first-order valence-corrected chi connectivity index (χ1v) is 9.09. The van der Waals surface area contributed by atoms with E-state index in [-0.39, 0.29) is 34.6 Å². The van der Waals surface area contributed by atoms with Crippen LogP contribution < -0.4 is 21.7 Å². The minimum Gasteiger partial charge on any atom is -1.00 e. The van der Waals surface area contributed by atoms with E-state index in [1.54, 1.807) is 6.07 Å². The number of carbonyl (C=O) groups excluding carboxylic acids is 1. The zero-order valence-corrected chi connectivity index (χ0v) is 16.5. The minimum atomic E-state index is -0.992. The maximum atomic E-state index is 12.7. The van der Waals surface area contributed by atoms with Gasteiger partial charge in [-0.1, -0.05) is 12.6 Å². The smallest absolute Gasteiger partial charge is 0.174 e. The standard InChI is InChI=1S/C20H23NO4.BrH/c1-3-9-21(2)10-8-19-16-12-4-5-13(22)17(16)25-18(19)14(23)6-7-20(19,24)15(21)11-12;/h3-5,15,18,24H,1,6-11H2,2H3;1H/t15-,18+,19+,20-,21?;/m1./s1. The molecule has 1 saturated heterocycles. The van der Waals surface area contributed by atoms with Crippen LogP contribution in [-0.2, 0) is 16.6 Å². The van der Waals surface area contributed by atoms with E-state index in [1.165, 1.54) is 0 Å². The van der Waals surface area contributed by atoms with Crippen molar-refractivity contribution in [1.29, 1.82) is 0 Å². The highest BCUT2D eigenvalue weighted by atomic mass is 79.9. The molecule has 2 fully saturated rings. The molecule has 1 aromatic rings. The first kappa shape index (κ1) is 18.0. The quantitative estimate of drug-likeness (QED) is 0.448. The molecule has 1 spiro atoms. The lowest BCUT2D eigenvalue weighted by atomic mass is 9.48. The number of phenols is 1. The fraction of sp³-hybridized carbons (Fsp3) is 0.550. The Morgan fingerprint density at radius 2 is 2.19 bits per heavy atom. The lowest BCUT2D eigenvalue weighted by Gasteiger charge is -2.64. The van der Waals surface area contributed by atoms with Gasteiger partial charge in [0.25, 0.3) is 0 Å². The Kier molecular flexibility index (Phi) is 3.70. The number of carbonyl (C=O) groups is 1. The van der Waals surface area contributed by atoms with Crippen LogP contribution in [0.25, 0.3) is 0 Å². The number of Topliss-reactive ketones (excluding diaryl/α,β-unsaturated/α-hetero) is 1. The van der Waals surface area contributed by atoms with Crippen molar-refractivity contribution in [2.75, 3.05) is 20.1 Å². The number of piperidine rings is 1. The molecule has 2 aliphatic heterocycles. The van der Waals surface area contributed by atoms with Crippen LogP contribution in [0.2, 0.25) is 0 Å². The highest BCUT2D eigenvalue weighted by Crippen LogP contribution is 2.65. The van der Waals surface area contributed by atoms with Gasteiger partial charge < -0.3 is 36.4 Å². The molecule has 5 atom stereocenters. The number of halogens is 1. The Bertz CT molecular complexity index is 826. The van der Waals surface area contributed by atoms with Crippen LogP contribution in [-0.4, -0.2) is 58.4 Å². The van der Waals surface area contributed by atoms with Crippen molar-refractivity contribution in [3.8, 4) is 11.5 Å². The summed E-state index contributed by atoms with van der Waals surface area (Å²) in [5.74, 6) is 0.547. The number of ether oxygens (including phenoxy) is 1. The van der Waals surface area contributed by atoms with Crippen LogP contribution in [0.3, 0.4) is 0 Å². The molecule has 2 N–H and O–H groups in total. The molecule has 4 aliphatic rings. The van der Waals surface area contributed by atoms with Crippen molar-refractivity contribution in [2.45, 2.75) is 48.8 Å². The summed E-state index contributed by atoms with van der Waals surface area (Å²) in [7, 11) is 2.19. The highest BCUT2D eigenvalue weighted by Gasteiger charge is 2.76. The summed E-state index contributed by atoms with van der Waals surface area (Å²) in [6.07, 6.45) is 3.47. The number of benzene rings is 1. The number of ketones is 1. The molecule has 5 nitrogen and oxygen atoms in total. The second-order valence-corrected chi connectivity index (χ2v) is 8.45. The summed E-state index contributed by atoms with van der Waals surface area (Å²) in [6.45, 7) is 5.57. The van der Waals surface area contributed by atoms with E-state index in [0.29, 0.717) is 25.0 Å². The number of rotatable bonds is 2. The van der Waals surface area contributed by atoms with Crippen LogP contribution in [0.1, 0.15) is 30.4 Å². The van der Waals surface area contributed by atoms with Crippen LogP contribution in [0.15, 0.2) is 24.8 Å². The number of aliphatic hydroxyl groups is 1. The molecule has 0 radical (unpaired) electrons. The van der Waals surface area contributed by atoms with Gasteiger partial charge in [0, 0.05) is 24.8 Å². The Hall–Kier alpha value is -1.37. The molecular formula is C20H24BrNO4. The molecule has 0 amide bonds. The fourth-order valence-electron chi connectivity index (χ4n) is 6.34. The molecule has 140 valence electrons. The molecule has 2 bridgehead atoms. The molecule has 1 unspecified atom stereocenters.